The number of hydrogen-bond donors (Lipinski definition) is 1. The summed E-state index contributed by atoms with van der Waals surface area (Å²) in [6, 6.07) is 6.23. The van der Waals surface area contributed by atoms with Crippen molar-refractivity contribution in [3.8, 4) is 5.69 Å². The Balaban J connectivity index is 1.70. The first-order chi connectivity index (χ1) is 9.31. The summed E-state index contributed by atoms with van der Waals surface area (Å²) in [5, 5.41) is 11.6. The van der Waals surface area contributed by atoms with Crippen LogP contribution in [0, 0.1) is 5.82 Å². The minimum absolute atomic E-state index is 0.245. The molecule has 1 aliphatic rings. The van der Waals surface area contributed by atoms with E-state index in [4.69, 9.17) is 0 Å². The van der Waals surface area contributed by atoms with Gasteiger partial charge in [0.2, 0.25) is 0 Å². The van der Waals surface area contributed by atoms with Gasteiger partial charge in [0, 0.05) is 32.7 Å². The molecule has 0 aliphatic carbocycles. The minimum atomic E-state index is -0.245. The van der Waals surface area contributed by atoms with Crippen molar-refractivity contribution >= 4 is 0 Å². The zero-order chi connectivity index (χ0) is 13.1. The number of halogens is 1. The van der Waals surface area contributed by atoms with Crippen molar-refractivity contribution in [2.24, 2.45) is 0 Å². The maximum atomic E-state index is 12.9. The van der Waals surface area contributed by atoms with E-state index in [0.717, 1.165) is 44.1 Å². The number of rotatable bonds is 3. The minimum Gasteiger partial charge on any atom is -0.314 e. The number of aromatic nitrogens is 3. The maximum Gasteiger partial charge on any atom is 0.123 e. The lowest BCUT2D eigenvalue weighted by Gasteiger charge is -2.25. The van der Waals surface area contributed by atoms with Crippen LogP contribution in [0.2, 0.25) is 0 Å². The molecule has 0 amide bonds. The van der Waals surface area contributed by atoms with Gasteiger partial charge in [-0.2, -0.15) is 0 Å². The van der Waals surface area contributed by atoms with E-state index in [1.165, 1.54) is 12.1 Å². The van der Waals surface area contributed by atoms with Gasteiger partial charge in [0.25, 0.3) is 0 Å². The Kier molecular flexibility index (Phi) is 3.52. The summed E-state index contributed by atoms with van der Waals surface area (Å²) in [5.41, 5.74) is 1.76. The van der Waals surface area contributed by atoms with Gasteiger partial charge in [-0.05, 0) is 24.3 Å². The highest BCUT2D eigenvalue weighted by atomic mass is 19.1. The first-order valence-corrected chi connectivity index (χ1v) is 6.41. The molecule has 2 heterocycles. The van der Waals surface area contributed by atoms with Crippen molar-refractivity contribution in [2.75, 3.05) is 26.2 Å². The summed E-state index contributed by atoms with van der Waals surface area (Å²) in [6.07, 6.45) is 1.90. The predicted octanol–water partition coefficient (Wildman–Crippen LogP) is 0.812. The Hall–Kier alpha value is -1.79. The van der Waals surface area contributed by atoms with Gasteiger partial charge in [-0.3, -0.25) is 4.90 Å². The zero-order valence-electron chi connectivity index (χ0n) is 10.6. The monoisotopic (exact) mass is 261 g/mol. The first-order valence-electron chi connectivity index (χ1n) is 6.41. The SMILES string of the molecule is Fc1ccc(-n2cc(CN3CCNCC3)nn2)cc1. The molecule has 0 saturated carbocycles. The van der Waals surface area contributed by atoms with E-state index < -0.39 is 0 Å². The van der Waals surface area contributed by atoms with Crippen molar-refractivity contribution in [2.45, 2.75) is 6.54 Å². The standard InChI is InChI=1S/C13H16FN5/c14-11-1-3-13(4-2-11)19-10-12(16-17-19)9-18-7-5-15-6-8-18/h1-4,10,15H,5-9H2. The Morgan fingerprint density at radius 2 is 1.89 bits per heavy atom. The summed E-state index contributed by atoms with van der Waals surface area (Å²) < 4.78 is 14.5. The molecule has 1 aromatic carbocycles. The van der Waals surface area contributed by atoms with E-state index in [1.807, 2.05) is 6.20 Å². The molecule has 1 aromatic heterocycles. The number of hydrogen-bond acceptors (Lipinski definition) is 4. The average Bonchev–Trinajstić information content (AvgIpc) is 2.89. The zero-order valence-corrected chi connectivity index (χ0v) is 10.6. The highest BCUT2D eigenvalue weighted by molar-refractivity contribution is 5.30. The van der Waals surface area contributed by atoms with Gasteiger partial charge in [0.15, 0.2) is 0 Å². The molecule has 0 radical (unpaired) electrons. The smallest absolute Gasteiger partial charge is 0.123 e. The quantitative estimate of drug-likeness (QED) is 0.888. The fourth-order valence-corrected chi connectivity index (χ4v) is 2.19. The van der Waals surface area contributed by atoms with Crippen molar-refractivity contribution in [1.82, 2.24) is 25.2 Å². The highest BCUT2D eigenvalue weighted by Crippen LogP contribution is 2.09. The van der Waals surface area contributed by atoms with Gasteiger partial charge < -0.3 is 5.32 Å². The van der Waals surface area contributed by atoms with Gasteiger partial charge in [0.05, 0.1) is 17.6 Å². The second-order valence-corrected chi connectivity index (χ2v) is 4.66. The van der Waals surface area contributed by atoms with Crippen LogP contribution in [0.25, 0.3) is 5.69 Å². The lowest BCUT2D eigenvalue weighted by molar-refractivity contribution is 0.230. The number of piperazine rings is 1. The molecule has 100 valence electrons. The normalized spacial score (nSPS) is 16.7. The van der Waals surface area contributed by atoms with Gasteiger partial charge in [-0.1, -0.05) is 5.21 Å². The van der Waals surface area contributed by atoms with Gasteiger partial charge in [-0.25, -0.2) is 9.07 Å². The number of benzene rings is 1. The molecular formula is C13H16FN5. The first kappa shape index (κ1) is 12.3. The van der Waals surface area contributed by atoms with E-state index in [9.17, 15) is 4.39 Å². The van der Waals surface area contributed by atoms with E-state index in [-0.39, 0.29) is 5.82 Å². The van der Waals surface area contributed by atoms with Gasteiger partial charge in [-0.15, -0.1) is 5.10 Å². The summed E-state index contributed by atoms with van der Waals surface area (Å²) >= 11 is 0. The molecule has 3 rings (SSSR count). The third-order valence-electron chi connectivity index (χ3n) is 3.23. The second-order valence-electron chi connectivity index (χ2n) is 4.66. The van der Waals surface area contributed by atoms with Crippen LogP contribution in [-0.2, 0) is 6.54 Å². The maximum absolute atomic E-state index is 12.9. The van der Waals surface area contributed by atoms with Crippen LogP contribution in [0.4, 0.5) is 4.39 Å². The second kappa shape index (κ2) is 5.46. The lowest BCUT2D eigenvalue weighted by Crippen LogP contribution is -2.42. The molecule has 0 atom stereocenters. The van der Waals surface area contributed by atoms with E-state index in [0.29, 0.717) is 0 Å². The van der Waals surface area contributed by atoms with Crippen molar-refractivity contribution in [1.29, 1.82) is 0 Å². The van der Waals surface area contributed by atoms with E-state index >= 15 is 0 Å². The molecular weight excluding hydrogens is 245 g/mol. The molecule has 1 N–H and O–H groups in total. The van der Waals surface area contributed by atoms with Crippen LogP contribution in [0.15, 0.2) is 30.5 Å². The van der Waals surface area contributed by atoms with Crippen molar-refractivity contribution < 1.29 is 4.39 Å². The summed E-state index contributed by atoms with van der Waals surface area (Å²) in [7, 11) is 0. The van der Waals surface area contributed by atoms with Crippen molar-refractivity contribution in [3.63, 3.8) is 0 Å². The van der Waals surface area contributed by atoms with E-state index in [1.54, 1.807) is 16.8 Å². The third kappa shape index (κ3) is 2.97. The fourth-order valence-electron chi connectivity index (χ4n) is 2.19. The summed E-state index contributed by atoms with van der Waals surface area (Å²) in [4.78, 5) is 2.34. The molecule has 5 nitrogen and oxygen atoms in total. The summed E-state index contributed by atoms with van der Waals surface area (Å²) in [6.45, 7) is 4.91. The Bertz CT molecular complexity index is 530. The highest BCUT2D eigenvalue weighted by Gasteiger charge is 2.12. The van der Waals surface area contributed by atoms with Crippen LogP contribution in [0.3, 0.4) is 0 Å². The van der Waals surface area contributed by atoms with Crippen LogP contribution in [-0.4, -0.2) is 46.1 Å². The molecule has 1 fully saturated rings. The van der Waals surface area contributed by atoms with Crippen molar-refractivity contribution in [3.05, 3.63) is 42.0 Å². The van der Waals surface area contributed by atoms with Crippen LogP contribution in [0.1, 0.15) is 5.69 Å². The molecule has 2 aromatic rings. The summed E-state index contributed by atoms with van der Waals surface area (Å²) in [5.74, 6) is -0.245. The average molecular weight is 261 g/mol. The van der Waals surface area contributed by atoms with E-state index in [2.05, 4.69) is 20.5 Å². The van der Waals surface area contributed by atoms with Crippen LogP contribution < -0.4 is 5.32 Å². The molecule has 0 unspecified atom stereocenters. The number of nitrogens with one attached hydrogen (secondary N) is 1. The van der Waals surface area contributed by atoms with Gasteiger partial charge in [0.1, 0.15) is 5.82 Å². The molecule has 1 saturated heterocycles. The van der Waals surface area contributed by atoms with Crippen LogP contribution >= 0.6 is 0 Å². The third-order valence-corrected chi connectivity index (χ3v) is 3.23. The lowest BCUT2D eigenvalue weighted by atomic mass is 10.3. The van der Waals surface area contributed by atoms with Gasteiger partial charge >= 0.3 is 0 Å². The molecule has 1 aliphatic heterocycles. The molecule has 19 heavy (non-hydrogen) atoms. The number of nitrogens with zero attached hydrogens (tertiary/aromatic N) is 4. The Labute approximate surface area is 111 Å². The Morgan fingerprint density at radius 1 is 1.16 bits per heavy atom. The largest absolute Gasteiger partial charge is 0.314 e. The predicted molar refractivity (Wildman–Crippen MR) is 69.5 cm³/mol. The fraction of sp³-hybridized carbons (Fsp3) is 0.385. The molecule has 0 spiro atoms. The topological polar surface area (TPSA) is 46.0 Å². The molecule has 6 heteroatoms. The molecule has 0 bridgehead atoms. The van der Waals surface area contributed by atoms with Crippen LogP contribution in [0.5, 0.6) is 0 Å². The Morgan fingerprint density at radius 3 is 2.63 bits per heavy atom.